The Bertz CT molecular complexity index is 1040. The zero-order valence-corrected chi connectivity index (χ0v) is 21.3. The second-order valence-corrected chi connectivity index (χ2v) is 8.29. The molecule has 5 atom stereocenters. The molecule has 0 bridgehead atoms. The summed E-state index contributed by atoms with van der Waals surface area (Å²) in [7, 11) is -11.4. The van der Waals surface area contributed by atoms with Crippen molar-refractivity contribution in [3.63, 3.8) is 0 Å². The summed E-state index contributed by atoms with van der Waals surface area (Å²) in [5.41, 5.74) is 4.56. The topological polar surface area (TPSA) is 261 Å². The molecule has 0 amide bonds. The summed E-state index contributed by atoms with van der Waals surface area (Å²) >= 11 is 0. The monoisotopic (exact) mass is 486 g/mol. The smallest absolute Gasteiger partial charge is 0.790 e. The molecule has 3 heterocycles. The Morgan fingerprint density at radius 2 is 1.90 bits per heavy atom. The van der Waals surface area contributed by atoms with Gasteiger partial charge in [0.15, 0.2) is 17.4 Å². The molecular weight excluding hydrogens is 474 g/mol. The largest absolute Gasteiger partial charge is 1.00 e. The van der Waals surface area contributed by atoms with Crippen molar-refractivity contribution in [2.24, 2.45) is 0 Å². The van der Waals surface area contributed by atoms with Crippen LogP contribution in [0.4, 0.5) is 5.95 Å². The molecule has 0 radical (unpaired) electrons. The minimum absolute atomic E-state index is 0. The van der Waals surface area contributed by atoms with Crippen molar-refractivity contribution in [3.05, 3.63) is 16.7 Å². The van der Waals surface area contributed by atoms with Gasteiger partial charge in [-0.1, -0.05) is 0 Å². The number of aliphatic hydroxyl groups excluding tert-OH is 2. The van der Waals surface area contributed by atoms with E-state index in [0.717, 1.165) is 10.9 Å². The summed E-state index contributed by atoms with van der Waals surface area (Å²) in [4.78, 5) is 53.7. The molecule has 1 fully saturated rings. The van der Waals surface area contributed by atoms with Crippen LogP contribution in [0.15, 0.2) is 11.1 Å². The number of phosphoric ester groups is 1. The number of aliphatic hydroxyl groups is 2. The van der Waals surface area contributed by atoms with E-state index in [4.69, 9.17) is 10.5 Å². The van der Waals surface area contributed by atoms with Crippen LogP contribution in [-0.4, -0.2) is 54.7 Å². The Kier molecular flexibility index (Phi) is 9.90. The van der Waals surface area contributed by atoms with Gasteiger partial charge in [0.1, 0.15) is 18.3 Å². The van der Waals surface area contributed by atoms with Crippen molar-refractivity contribution < 1.29 is 107 Å². The summed E-state index contributed by atoms with van der Waals surface area (Å²) < 4.78 is 35.5. The van der Waals surface area contributed by atoms with Crippen molar-refractivity contribution in [2.45, 2.75) is 24.5 Å². The minimum Gasteiger partial charge on any atom is -0.790 e. The van der Waals surface area contributed by atoms with Crippen molar-refractivity contribution in [1.82, 2.24) is 19.5 Å². The summed E-state index contributed by atoms with van der Waals surface area (Å²) in [6.45, 7) is -0.988. The number of hydrogen-bond acceptors (Lipinski definition) is 14. The fraction of sp³-hybridized carbons (Fsp3) is 0.500. The molecule has 16 nitrogen and oxygen atoms in total. The summed E-state index contributed by atoms with van der Waals surface area (Å²) in [6.07, 6.45) is -5.14. The number of hydrogen-bond donors (Lipinski definition) is 4. The van der Waals surface area contributed by atoms with E-state index in [2.05, 4.69) is 23.8 Å². The Morgan fingerprint density at radius 1 is 1.27 bits per heavy atom. The third-order valence-corrected chi connectivity index (χ3v) is 5.72. The number of nitrogens with two attached hydrogens (primary N) is 1. The number of anilines is 1. The molecule has 30 heavy (non-hydrogen) atoms. The summed E-state index contributed by atoms with van der Waals surface area (Å²) in [5.74, 6) is -0.253. The number of fused-ring (bicyclic) bond motifs is 1. The van der Waals surface area contributed by atoms with Gasteiger partial charge in [-0.2, -0.15) is 4.98 Å². The van der Waals surface area contributed by atoms with Crippen molar-refractivity contribution in [2.75, 3.05) is 12.3 Å². The molecule has 1 aliphatic rings. The van der Waals surface area contributed by atoms with Crippen LogP contribution in [0.1, 0.15) is 6.23 Å². The number of imidazole rings is 1. The van der Waals surface area contributed by atoms with E-state index >= 15 is 0 Å². The molecule has 3 rings (SSSR count). The molecular formula is C10H12N5Na2O11P2-. The van der Waals surface area contributed by atoms with Crippen LogP contribution >= 0.6 is 15.6 Å². The molecule has 1 aliphatic heterocycles. The normalized spacial score (nSPS) is 26.0. The van der Waals surface area contributed by atoms with E-state index in [1.165, 1.54) is 0 Å². The second-order valence-electron chi connectivity index (χ2n) is 5.59. The van der Waals surface area contributed by atoms with Gasteiger partial charge in [-0.15, -0.1) is 0 Å². The van der Waals surface area contributed by atoms with Crippen molar-refractivity contribution in [3.8, 4) is 0 Å². The average molecular weight is 486 g/mol. The SMILES string of the molecule is Nc1nc2c(ncn2C2OC(COP(=O)([O-])OP(=O)([O-])[O-])C(O)C2O)c(=O)[nH]1.[Na+].[Na+]. The number of aromatic amines is 1. The van der Waals surface area contributed by atoms with Crippen LogP contribution < -0.4 is 85.1 Å². The van der Waals surface area contributed by atoms with E-state index in [1.54, 1.807) is 0 Å². The van der Waals surface area contributed by atoms with Crippen LogP contribution in [-0.2, 0) is 22.7 Å². The number of phosphoric acid groups is 2. The molecule has 20 heteroatoms. The molecule has 5 N–H and O–H groups in total. The van der Waals surface area contributed by atoms with Crippen LogP contribution in [0.2, 0.25) is 0 Å². The first-order valence-corrected chi connectivity index (χ1v) is 10.2. The number of nitrogen functional groups attached to an aromatic ring is 1. The van der Waals surface area contributed by atoms with E-state index in [1.807, 2.05) is 0 Å². The van der Waals surface area contributed by atoms with Gasteiger partial charge in [-0.25, -0.2) is 4.98 Å². The van der Waals surface area contributed by atoms with E-state index in [-0.39, 0.29) is 76.2 Å². The number of ether oxygens (including phenoxy) is 1. The van der Waals surface area contributed by atoms with Gasteiger partial charge in [0.05, 0.1) is 20.8 Å². The van der Waals surface area contributed by atoms with Crippen LogP contribution in [0.25, 0.3) is 11.2 Å². The number of rotatable bonds is 6. The maximum atomic E-state index is 11.8. The predicted octanol–water partition coefficient (Wildman–Crippen LogP) is -10.3. The van der Waals surface area contributed by atoms with E-state index in [0.29, 0.717) is 0 Å². The van der Waals surface area contributed by atoms with Gasteiger partial charge >= 0.3 is 59.1 Å². The number of nitrogens with zero attached hydrogens (tertiary/aromatic N) is 3. The Labute approximate surface area is 211 Å². The number of nitrogens with one attached hydrogen (secondary N) is 1. The summed E-state index contributed by atoms with van der Waals surface area (Å²) in [5, 5.41) is 20.2. The summed E-state index contributed by atoms with van der Waals surface area (Å²) in [6, 6.07) is 0. The van der Waals surface area contributed by atoms with Crippen LogP contribution in [0.3, 0.4) is 0 Å². The first-order chi connectivity index (χ1) is 12.9. The fourth-order valence-electron chi connectivity index (χ4n) is 2.54. The maximum Gasteiger partial charge on any atom is 1.00 e. The van der Waals surface area contributed by atoms with Gasteiger partial charge in [0.25, 0.3) is 13.4 Å². The second kappa shape index (κ2) is 10.5. The molecule has 5 unspecified atom stereocenters. The molecule has 1 saturated heterocycles. The van der Waals surface area contributed by atoms with Crippen molar-refractivity contribution in [1.29, 1.82) is 0 Å². The standard InChI is InChI=1S/C10H15N5O11P2.2Na/c11-10-13-7-4(8(18)14-10)12-2-15(7)9-6(17)5(16)3(25-9)1-24-28(22,23)26-27(19,20)21;;/h2-3,5-6,9,16-17H,1H2,(H,22,23)(H2,19,20,21)(H3,11,13,14,18);;/q;2*+1/p-3. The van der Waals surface area contributed by atoms with Crippen LogP contribution in [0, 0.1) is 0 Å². The maximum absolute atomic E-state index is 11.8. The van der Waals surface area contributed by atoms with Gasteiger partial charge in [-0.05, 0) is 0 Å². The Balaban J connectivity index is 0.00000225. The van der Waals surface area contributed by atoms with Gasteiger partial charge in [-0.3, -0.25) is 23.2 Å². The molecule has 2 aromatic heterocycles. The third-order valence-electron chi connectivity index (χ3n) is 3.66. The van der Waals surface area contributed by atoms with Gasteiger partial charge in [0, 0.05) is 0 Å². The molecule has 0 aliphatic carbocycles. The van der Waals surface area contributed by atoms with Gasteiger partial charge < -0.3 is 44.5 Å². The van der Waals surface area contributed by atoms with Crippen LogP contribution in [0.5, 0.6) is 0 Å². The number of aromatic nitrogens is 4. The molecule has 0 spiro atoms. The molecule has 2 aromatic rings. The van der Waals surface area contributed by atoms with E-state index in [9.17, 15) is 38.8 Å². The first kappa shape index (κ1) is 28.3. The zero-order valence-electron chi connectivity index (χ0n) is 15.5. The Hall–Kier alpha value is 0.290. The number of H-pyrrole nitrogens is 1. The minimum atomic E-state index is -5.88. The van der Waals surface area contributed by atoms with E-state index < -0.39 is 52.4 Å². The Morgan fingerprint density at radius 3 is 2.50 bits per heavy atom. The fourth-order valence-corrected chi connectivity index (χ4v) is 4.03. The van der Waals surface area contributed by atoms with Gasteiger partial charge in [0.2, 0.25) is 5.95 Å². The molecule has 0 aromatic carbocycles. The molecule has 0 saturated carbocycles. The predicted molar refractivity (Wildman–Crippen MR) is 80.7 cm³/mol. The zero-order chi connectivity index (χ0) is 20.9. The molecule has 156 valence electrons. The quantitative estimate of drug-likeness (QED) is 0.218. The average Bonchev–Trinajstić information content (AvgIpc) is 3.06. The van der Waals surface area contributed by atoms with Crippen molar-refractivity contribution >= 4 is 32.8 Å². The third kappa shape index (κ3) is 6.42. The first-order valence-electron chi connectivity index (χ1n) is 7.31.